The third kappa shape index (κ3) is 5.52. The average Bonchev–Trinajstić information content (AvgIpc) is 3.61. The topological polar surface area (TPSA) is 106 Å². The van der Waals surface area contributed by atoms with Crippen LogP contribution in [0.4, 0.5) is 10.5 Å². The Hall–Kier alpha value is -3.30. The van der Waals surface area contributed by atoms with E-state index in [4.69, 9.17) is 14.2 Å². The Morgan fingerprint density at radius 2 is 1.68 bits per heavy atom. The highest BCUT2D eigenvalue weighted by molar-refractivity contribution is 6.03. The molecule has 1 aliphatic carbocycles. The molecular formula is C27H39N3O7. The summed E-state index contributed by atoms with van der Waals surface area (Å²) < 4.78 is 15.2. The molecule has 1 unspecified atom stereocenters. The van der Waals surface area contributed by atoms with Crippen molar-refractivity contribution < 1.29 is 33.4 Å². The molecule has 10 heteroatoms. The summed E-state index contributed by atoms with van der Waals surface area (Å²) in [6, 6.07) is 4.92. The Morgan fingerprint density at radius 3 is 2.22 bits per heavy atom. The molecule has 1 saturated carbocycles. The summed E-state index contributed by atoms with van der Waals surface area (Å²) in [7, 11) is 2.58. The van der Waals surface area contributed by atoms with Crippen molar-refractivity contribution in [1.29, 1.82) is 0 Å². The first-order chi connectivity index (χ1) is 17.0. The van der Waals surface area contributed by atoms with Crippen LogP contribution in [0.1, 0.15) is 69.8 Å². The molecule has 2 aliphatic heterocycles. The van der Waals surface area contributed by atoms with E-state index in [1.165, 1.54) is 14.2 Å². The molecule has 0 bridgehead atoms. The summed E-state index contributed by atoms with van der Waals surface area (Å²) in [5.74, 6) is -1.19. The van der Waals surface area contributed by atoms with Crippen LogP contribution in [0, 0.1) is 0 Å². The second-order valence-electron chi connectivity index (χ2n) is 10.5. The van der Waals surface area contributed by atoms with Crippen molar-refractivity contribution in [2.45, 2.75) is 71.1 Å². The van der Waals surface area contributed by atoms with Gasteiger partial charge >= 0.3 is 18.0 Å². The van der Waals surface area contributed by atoms with Crippen LogP contribution in [-0.4, -0.2) is 85.8 Å². The lowest BCUT2D eigenvalue weighted by atomic mass is 10.00. The number of hydrogen-bond acceptors (Lipinski definition) is 8. The summed E-state index contributed by atoms with van der Waals surface area (Å²) in [5.41, 5.74) is 1.37. The van der Waals surface area contributed by atoms with E-state index in [1.54, 1.807) is 9.80 Å². The van der Waals surface area contributed by atoms with Gasteiger partial charge in [0.2, 0.25) is 0 Å². The van der Waals surface area contributed by atoms with Gasteiger partial charge in [-0.15, -0.1) is 0 Å². The van der Waals surface area contributed by atoms with Crippen LogP contribution in [0.3, 0.4) is 0 Å². The van der Waals surface area contributed by atoms with Gasteiger partial charge in [-0.2, -0.15) is 0 Å². The number of esters is 2. The van der Waals surface area contributed by atoms with Crippen LogP contribution in [0.25, 0.3) is 0 Å². The number of piperazine rings is 1. The maximum Gasteiger partial charge on any atom is 0.410 e. The zero-order valence-corrected chi connectivity index (χ0v) is 21.7. The first-order valence-corrected chi connectivity index (χ1v) is 12.4. The summed E-state index contributed by atoms with van der Waals surface area (Å²) in [5, 5.41) is 0. The van der Waals surface area contributed by atoms with Crippen LogP contribution in [-0.2, 0) is 29.3 Å². The smallest absolute Gasteiger partial charge is 0.410 e. The SMILES string of the molecule is C.COC(=O)CCC(C(=O)OC)N1C(=O)c2ccc(N3CCN(C(=O)OC(C)(C)C)CC3)cc2C12CC2. The van der Waals surface area contributed by atoms with E-state index in [0.29, 0.717) is 31.7 Å². The monoisotopic (exact) mass is 517 g/mol. The number of nitrogens with zero attached hydrogens (tertiary/aromatic N) is 3. The van der Waals surface area contributed by atoms with Gasteiger partial charge in [0, 0.05) is 43.9 Å². The second-order valence-corrected chi connectivity index (χ2v) is 10.5. The van der Waals surface area contributed by atoms with Gasteiger partial charge in [0.25, 0.3) is 5.91 Å². The van der Waals surface area contributed by atoms with E-state index in [2.05, 4.69) is 4.90 Å². The van der Waals surface area contributed by atoms with Crippen molar-refractivity contribution in [1.82, 2.24) is 9.80 Å². The molecule has 4 rings (SSSR count). The number of carbonyl (C=O) groups excluding carboxylic acids is 4. The molecule has 10 nitrogen and oxygen atoms in total. The number of fused-ring (bicyclic) bond motifs is 2. The molecular weight excluding hydrogens is 478 g/mol. The number of rotatable bonds is 6. The maximum absolute atomic E-state index is 13.5. The number of anilines is 1. The largest absolute Gasteiger partial charge is 0.469 e. The third-order valence-corrected chi connectivity index (χ3v) is 7.07. The van der Waals surface area contributed by atoms with E-state index < -0.39 is 29.1 Å². The van der Waals surface area contributed by atoms with E-state index >= 15 is 0 Å². The maximum atomic E-state index is 13.5. The van der Waals surface area contributed by atoms with Crippen molar-refractivity contribution in [2.24, 2.45) is 0 Å². The highest BCUT2D eigenvalue weighted by Crippen LogP contribution is 2.58. The summed E-state index contributed by atoms with van der Waals surface area (Å²) in [4.78, 5) is 55.9. The van der Waals surface area contributed by atoms with Gasteiger partial charge in [0.15, 0.2) is 0 Å². The molecule has 2 fully saturated rings. The number of ether oxygens (including phenoxy) is 3. The number of amides is 2. The van der Waals surface area contributed by atoms with Crippen LogP contribution in [0.2, 0.25) is 0 Å². The molecule has 3 aliphatic rings. The standard InChI is InChI=1S/C26H35N3O7.CH4/c1-25(2,3)36-24(33)28-14-12-27(13-15-28)17-6-7-18-19(16-17)26(10-11-26)29(22(18)31)20(23(32)35-5)8-9-21(30)34-4;/h6-7,16,20H,8-15H2,1-5H3;1H4. The fourth-order valence-electron chi connectivity index (χ4n) is 5.14. The fourth-order valence-corrected chi connectivity index (χ4v) is 5.14. The van der Waals surface area contributed by atoms with Gasteiger partial charge in [-0.3, -0.25) is 9.59 Å². The molecule has 2 heterocycles. The van der Waals surface area contributed by atoms with Gasteiger partial charge in [-0.25, -0.2) is 9.59 Å². The number of hydrogen-bond donors (Lipinski definition) is 0. The van der Waals surface area contributed by atoms with E-state index in [-0.39, 0.29) is 32.3 Å². The number of carbonyl (C=O) groups is 4. The fraction of sp³-hybridized carbons (Fsp3) is 0.630. The molecule has 37 heavy (non-hydrogen) atoms. The summed E-state index contributed by atoms with van der Waals surface area (Å²) in [6.45, 7) is 7.93. The minimum atomic E-state index is -0.864. The van der Waals surface area contributed by atoms with Crippen LogP contribution >= 0.6 is 0 Å². The number of benzene rings is 1. The van der Waals surface area contributed by atoms with Gasteiger partial charge in [-0.1, -0.05) is 7.43 Å². The minimum absolute atomic E-state index is 0. The molecule has 0 radical (unpaired) electrons. The average molecular weight is 518 g/mol. The van der Waals surface area contributed by atoms with Crippen molar-refractivity contribution in [2.75, 3.05) is 45.3 Å². The molecule has 2 amide bonds. The van der Waals surface area contributed by atoms with Crippen molar-refractivity contribution in [3.8, 4) is 0 Å². The molecule has 0 N–H and O–H groups in total. The Morgan fingerprint density at radius 1 is 1.03 bits per heavy atom. The lowest BCUT2D eigenvalue weighted by molar-refractivity contribution is -0.148. The first-order valence-electron chi connectivity index (χ1n) is 12.4. The predicted octanol–water partition coefficient (Wildman–Crippen LogP) is 3.32. The Bertz CT molecular complexity index is 1050. The molecule has 1 spiro atoms. The van der Waals surface area contributed by atoms with E-state index in [0.717, 1.165) is 24.1 Å². The van der Waals surface area contributed by atoms with E-state index in [1.807, 2.05) is 39.0 Å². The summed E-state index contributed by atoms with van der Waals surface area (Å²) >= 11 is 0. The zero-order chi connectivity index (χ0) is 26.3. The van der Waals surface area contributed by atoms with Crippen LogP contribution < -0.4 is 4.90 Å². The van der Waals surface area contributed by atoms with Crippen molar-refractivity contribution in [3.05, 3.63) is 29.3 Å². The molecule has 0 aromatic heterocycles. The first kappa shape index (κ1) is 28.3. The van der Waals surface area contributed by atoms with Gasteiger partial charge in [-0.05, 0) is 63.8 Å². The second kappa shape index (κ2) is 10.6. The Kier molecular flexibility index (Phi) is 8.09. The Balaban J connectivity index is 0.00000380. The molecule has 1 aromatic carbocycles. The number of methoxy groups -OCH3 is 2. The molecule has 1 saturated heterocycles. The van der Waals surface area contributed by atoms with Crippen molar-refractivity contribution >= 4 is 29.6 Å². The highest BCUT2D eigenvalue weighted by Gasteiger charge is 2.61. The zero-order valence-electron chi connectivity index (χ0n) is 21.7. The normalized spacial score (nSPS) is 18.6. The molecule has 204 valence electrons. The van der Waals surface area contributed by atoms with Gasteiger partial charge in [0.1, 0.15) is 11.6 Å². The third-order valence-electron chi connectivity index (χ3n) is 7.07. The van der Waals surface area contributed by atoms with Crippen molar-refractivity contribution in [3.63, 3.8) is 0 Å². The minimum Gasteiger partial charge on any atom is -0.469 e. The Labute approximate surface area is 218 Å². The predicted molar refractivity (Wildman–Crippen MR) is 137 cm³/mol. The molecule has 1 aromatic rings. The van der Waals surface area contributed by atoms with Gasteiger partial charge in [0.05, 0.1) is 19.8 Å². The van der Waals surface area contributed by atoms with Gasteiger partial charge < -0.3 is 28.9 Å². The quantitative estimate of drug-likeness (QED) is 0.418. The lowest BCUT2D eigenvalue weighted by Crippen LogP contribution is -2.50. The summed E-state index contributed by atoms with van der Waals surface area (Å²) in [6.07, 6.45) is 1.33. The van der Waals surface area contributed by atoms with Crippen LogP contribution in [0.5, 0.6) is 0 Å². The molecule has 1 atom stereocenters. The van der Waals surface area contributed by atoms with E-state index in [9.17, 15) is 19.2 Å². The van der Waals surface area contributed by atoms with Crippen LogP contribution in [0.15, 0.2) is 18.2 Å². The lowest BCUT2D eigenvalue weighted by Gasteiger charge is -2.37. The highest BCUT2D eigenvalue weighted by atomic mass is 16.6.